The van der Waals surface area contributed by atoms with Crippen molar-refractivity contribution in [2.45, 2.75) is 13.2 Å². The van der Waals surface area contributed by atoms with Crippen molar-refractivity contribution in [3.05, 3.63) is 29.8 Å². The summed E-state index contributed by atoms with van der Waals surface area (Å²) in [5.74, 6) is -0.808. The van der Waals surface area contributed by atoms with Gasteiger partial charge in [0.2, 0.25) is 0 Å². The highest BCUT2D eigenvalue weighted by Gasteiger charge is 2.11. The van der Waals surface area contributed by atoms with Gasteiger partial charge in [-0.05, 0) is 19.1 Å². The highest BCUT2D eigenvalue weighted by Crippen LogP contribution is 2.16. The number of nitrogens with zero attached hydrogens (tertiary/aromatic N) is 1. The van der Waals surface area contributed by atoms with Crippen molar-refractivity contribution < 1.29 is 19.4 Å². The number of nitrogens with two attached hydrogens (primary N) is 2. The second kappa shape index (κ2) is 7.22. The Morgan fingerprint density at radius 2 is 2.05 bits per heavy atom. The normalized spacial score (nSPS) is 11.6. The number of ether oxygens (including phenoxy) is 2. The van der Waals surface area contributed by atoms with Gasteiger partial charge in [-0.25, -0.2) is 9.79 Å². The van der Waals surface area contributed by atoms with Crippen molar-refractivity contribution in [3.63, 3.8) is 0 Å². The molecule has 0 amide bonds. The Labute approximate surface area is 110 Å². The van der Waals surface area contributed by atoms with Gasteiger partial charge in [-0.1, -0.05) is 12.1 Å². The second-order valence-electron chi connectivity index (χ2n) is 3.68. The third-order valence-electron chi connectivity index (χ3n) is 2.13. The van der Waals surface area contributed by atoms with Crippen LogP contribution in [0.2, 0.25) is 0 Å². The lowest BCUT2D eigenvalue weighted by Crippen LogP contribution is -2.26. The predicted octanol–water partition coefficient (Wildman–Crippen LogP) is 0.185. The molecule has 0 aliphatic heterocycles. The van der Waals surface area contributed by atoms with E-state index in [2.05, 4.69) is 4.99 Å². The number of guanidine groups is 1. The molecule has 0 saturated carbocycles. The molecule has 0 aliphatic carbocycles. The fraction of sp³-hybridized carbons (Fsp3) is 0.333. The van der Waals surface area contributed by atoms with Crippen LogP contribution in [0, 0.1) is 0 Å². The Kier molecular flexibility index (Phi) is 5.62. The lowest BCUT2D eigenvalue weighted by molar-refractivity contribution is 0.0151. The Morgan fingerprint density at radius 1 is 1.37 bits per heavy atom. The van der Waals surface area contributed by atoms with Crippen LogP contribution < -0.4 is 11.5 Å². The number of hydrogen-bond acceptors (Lipinski definition) is 5. The lowest BCUT2D eigenvalue weighted by Gasteiger charge is -2.09. The van der Waals surface area contributed by atoms with Gasteiger partial charge < -0.3 is 26.0 Å². The van der Waals surface area contributed by atoms with E-state index in [1.165, 1.54) is 12.1 Å². The summed E-state index contributed by atoms with van der Waals surface area (Å²) in [5.41, 5.74) is 10.5. The van der Waals surface area contributed by atoms with Gasteiger partial charge in [0, 0.05) is 0 Å². The number of aromatic hydroxyl groups is 1. The Bertz CT molecular complexity index is 458. The van der Waals surface area contributed by atoms with E-state index in [0.717, 1.165) is 0 Å². The molecular weight excluding hydrogens is 250 g/mol. The van der Waals surface area contributed by atoms with Crippen LogP contribution in [0.5, 0.6) is 5.75 Å². The van der Waals surface area contributed by atoms with E-state index >= 15 is 0 Å². The molecule has 0 saturated heterocycles. The van der Waals surface area contributed by atoms with Crippen LogP contribution in [0.3, 0.4) is 0 Å². The molecule has 7 heteroatoms. The third kappa shape index (κ3) is 5.26. The van der Waals surface area contributed by atoms with Crippen LogP contribution in [-0.2, 0) is 9.47 Å². The molecule has 1 atom stereocenters. The summed E-state index contributed by atoms with van der Waals surface area (Å²) in [7, 11) is 0. The molecule has 7 nitrogen and oxygen atoms in total. The summed E-state index contributed by atoms with van der Waals surface area (Å²) >= 11 is 0. The zero-order valence-electron chi connectivity index (χ0n) is 10.6. The Balaban J connectivity index is 2.32. The molecule has 104 valence electrons. The second-order valence-corrected chi connectivity index (χ2v) is 3.68. The highest BCUT2D eigenvalue weighted by atomic mass is 16.6. The summed E-state index contributed by atoms with van der Waals surface area (Å²) in [5, 5.41) is 9.45. The maximum Gasteiger partial charge on any atom is 0.341 e. The van der Waals surface area contributed by atoms with Crippen molar-refractivity contribution in [1.82, 2.24) is 0 Å². The summed E-state index contributed by atoms with van der Waals surface area (Å²) in [6.07, 6.45) is -0.506. The first kappa shape index (κ1) is 14.8. The zero-order valence-corrected chi connectivity index (χ0v) is 10.6. The molecule has 0 heterocycles. The fourth-order valence-electron chi connectivity index (χ4n) is 1.32. The van der Waals surface area contributed by atoms with Crippen LogP contribution in [0.25, 0.3) is 0 Å². The lowest BCUT2D eigenvalue weighted by atomic mass is 10.2. The quantitative estimate of drug-likeness (QED) is 0.293. The van der Waals surface area contributed by atoms with Gasteiger partial charge in [-0.15, -0.1) is 0 Å². The average Bonchev–Trinajstić information content (AvgIpc) is 2.34. The molecule has 1 aromatic rings. The van der Waals surface area contributed by atoms with Gasteiger partial charge in [0.25, 0.3) is 0 Å². The summed E-state index contributed by atoms with van der Waals surface area (Å²) in [6.45, 7) is 1.85. The number of phenolic OH excluding ortho intramolecular Hbond substituents is 1. The molecule has 0 aromatic heterocycles. The minimum atomic E-state index is -0.615. The predicted molar refractivity (Wildman–Crippen MR) is 69.6 cm³/mol. The molecule has 1 rings (SSSR count). The molecule has 0 aliphatic rings. The van der Waals surface area contributed by atoms with Gasteiger partial charge >= 0.3 is 5.97 Å². The van der Waals surface area contributed by atoms with Gasteiger partial charge in [0.05, 0.1) is 6.61 Å². The van der Waals surface area contributed by atoms with Gasteiger partial charge in [-0.2, -0.15) is 0 Å². The number of carbonyl (C=O) groups excluding carboxylic acids is 1. The van der Waals surface area contributed by atoms with Crippen molar-refractivity contribution in [2.24, 2.45) is 16.5 Å². The smallest absolute Gasteiger partial charge is 0.341 e. The maximum absolute atomic E-state index is 11.6. The molecule has 0 spiro atoms. The summed E-state index contributed by atoms with van der Waals surface area (Å²) in [4.78, 5) is 15.3. The van der Waals surface area contributed by atoms with E-state index < -0.39 is 12.2 Å². The van der Waals surface area contributed by atoms with Crippen LogP contribution >= 0.6 is 0 Å². The Hall–Kier alpha value is -2.28. The number of para-hydroxylation sites is 1. The molecule has 0 radical (unpaired) electrons. The molecule has 1 aromatic carbocycles. The maximum atomic E-state index is 11.6. The molecule has 0 bridgehead atoms. The number of phenols is 1. The third-order valence-corrected chi connectivity index (χ3v) is 2.13. The van der Waals surface area contributed by atoms with Crippen LogP contribution in [0.15, 0.2) is 29.3 Å². The summed E-state index contributed by atoms with van der Waals surface area (Å²) in [6, 6.07) is 6.13. The van der Waals surface area contributed by atoms with Crippen molar-refractivity contribution in [2.75, 3.05) is 13.2 Å². The number of benzene rings is 1. The molecule has 5 N–H and O–H groups in total. The largest absolute Gasteiger partial charge is 0.507 e. The monoisotopic (exact) mass is 267 g/mol. The minimum absolute atomic E-state index is 0.0392. The zero-order chi connectivity index (χ0) is 14.3. The van der Waals surface area contributed by atoms with Gasteiger partial charge in [0.15, 0.2) is 5.96 Å². The standard InChI is InChI=1S/C12H17N3O4/c1-8(15-12(13)14)18-6-7-19-11(17)9-4-2-3-5-10(9)16/h2-5,8,16H,6-7H2,1H3,(H4,13,14,15). The molecule has 1 unspecified atom stereocenters. The van der Waals surface area contributed by atoms with E-state index in [1.807, 2.05) is 0 Å². The van der Waals surface area contributed by atoms with E-state index in [9.17, 15) is 9.90 Å². The first-order valence-electron chi connectivity index (χ1n) is 5.66. The van der Waals surface area contributed by atoms with E-state index in [0.29, 0.717) is 0 Å². The number of rotatable bonds is 6. The van der Waals surface area contributed by atoms with Gasteiger partial charge in [0.1, 0.15) is 24.1 Å². The van der Waals surface area contributed by atoms with Crippen molar-refractivity contribution in [3.8, 4) is 5.75 Å². The number of aliphatic imine (C=N–C) groups is 1. The first-order chi connectivity index (χ1) is 9.00. The minimum Gasteiger partial charge on any atom is -0.507 e. The number of esters is 1. The van der Waals surface area contributed by atoms with E-state index in [4.69, 9.17) is 20.9 Å². The van der Waals surface area contributed by atoms with Gasteiger partial charge in [-0.3, -0.25) is 0 Å². The topological polar surface area (TPSA) is 120 Å². The molecule has 19 heavy (non-hydrogen) atoms. The first-order valence-corrected chi connectivity index (χ1v) is 5.66. The molecule has 0 fully saturated rings. The van der Waals surface area contributed by atoms with E-state index in [1.54, 1.807) is 19.1 Å². The van der Waals surface area contributed by atoms with Crippen molar-refractivity contribution in [1.29, 1.82) is 0 Å². The number of hydrogen-bond donors (Lipinski definition) is 3. The number of carbonyl (C=O) groups is 1. The van der Waals surface area contributed by atoms with Crippen LogP contribution in [0.4, 0.5) is 0 Å². The Morgan fingerprint density at radius 3 is 2.68 bits per heavy atom. The van der Waals surface area contributed by atoms with Crippen molar-refractivity contribution >= 4 is 11.9 Å². The SMILES string of the molecule is CC(N=C(N)N)OCCOC(=O)c1ccccc1O. The average molecular weight is 267 g/mol. The fourth-order valence-corrected chi connectivity index (χ4v) is 1.32. The summed E-state index contributed by atoms with van der Waals surface area (Å²) < 4.78 is 10.1. The van der Waals surface area contributed by atoms with Crippen LogP contribution in [-0.4, -0.2) is 36.5 Å². The van der Waals surface area contributed by atoms with E-state index in [-0.39, 0.29) is 30.5 Å². The molecular formula is C12H17N3O4. The van der Waals surface area contributed by atoms with Crippen LogP contribution in [0.1, 0.15) is 17.3 Å². The highest BCUT2D eigenvalue weighted by molar-refractivity contribution is 5.92.